The van der Waals surface area contributed by atoms with Crippen LogP contribution in [0, 0.1) is 13.8 Å². The van der Waals surface area contributed by atoms with E-state index in [0.717, 1.165) is 35.1 Å². The summed E-state index contributed by atoms with van der Waals surface area (Å²) < 4.78 is 5.32. The highest BCUT2D eigenvalue weighted by molar-refractivity contribution is 5.68. The molecule has 0 atom stereocenters. The van der Waals surface area contributed by atoms with Gasteiger partial charge in [0.25, 0.3) is 0 Å². The van der Waals surface area contributed by atoms with Gasteiger partial charge in [0.05, 0.1) is 0 Å². The summed E-state index contributed by atoms with van der Waals surface area (Å²) in [7, 11) is 0. The normalized spacial score (nSPS) is 10.3. The molecule has 0 bridgehead atoms. The van der Waals surface area contributed by atoms with Crippen LogP contribution >= 0.6 is 0 Å². The lowest BCUT2D eigenvalue weighted by Crippen LogP contribution is -2.27. The number of hydrogen-bond donors (Lipinski definition) is 1. The van der Waals surface area contributed by atoms with E-state index in [-0.39, 0.29) is 6.61 Å². The number of benzene rings is 2. The lowest BCUT2D eigenvalue weighted by molar-refractivity contribution is 0.110. The van der Waals surface area contributed by atoms with Crippen LogP contribution in [0.4, 0.5) is 4.79 Å². The summed E-state index contributed by atoms with van der Waals surface area (Å²) in [6.07, 6.45) is 2.71. The van der Waals surface area contributed by atoms with Crippen LogP contribution in [0.15, 0.2) is 55.2 Å². The van der Waals surface area contributed by atoms with Crippen molar-refractivity contribution in [1.29, 1.82) is 0 Å². The van der Waals surface area contributed by atoms with Gasteiger partial charge in [-0.1, -0.05) is 49.0 Å². The first-order valence-electron chi connectivity index (χ1n) is 8.40. The molecule has 0 unspecified atom stereocenters. The third kappa shape index (κ3) is 5.38. The van der Waals surface area contributed by atoms with Crippen LogP contribution in [0.1, 0.15) is 28.7 Å². The molecule has 4 heteroatoms. The Balaban J connectivity index is 1.83. The Bertz CT molecular complexity index is 702. The Morgan fingerprint density at radius 2 is 1.80 bits per heavy atom. The topological polar surface area (TPSA) is 49.8 Å². The standard InChI is InChI=1S/C21H25NO3/c1-4-22(21(24)25-15-18-9-6-5-7-10-18)12-8-11-19-13-16(2)20(23)17(3)14-19/h4-7,9-10,13-14,23H,1,8,11-12,15H2,2-3H3. The fraction of sp³-hybridized carbons (Fsp3) is 0.286. The number of ether oxygens (including phenoxy) is 1. The molecule has 2 aromatic carbocycles. The van der Waals surface area contributed by atoms with Crippen LogP contribution in [0.2, 0.25) is 0 Å². The molecule has 0 spiro atoms. The number of phenols is 1. The van der Waals surface area contributed by atoms with Gasteiger partial charge in [-0.05, 0) is 48.9 Å². The van der Waals surface area contributed by atoms with Gasteiger partial charge in [0.15, 0.2) is 0 Å². The molecule has 0 aliphatic rings. The molecular weight excluding hydrogens is 314 g/mol. The van der Waals surface area contributed by atoms with E-state index in [1.807, 2.05) is 56.3 Å². The number of rotatable bonds is 7. The Labute approximate surface area is 149 Å². The largest absolute Gasteiger partial charge is 0.507 e. The Morgan fingerprint density at radius 3 is 2.40 bits per heavy atom. The van der Waals surface area contributed by atoms with Crippen molar-refractivity contribution in [3.8, 4) is 5.75 Å². The quantitative estimate of drug-likeness (QED) is 0.794. The Morgan fingerprint density at radius 1 is 1.16 bits per heavy atom. The molecule has 25 heavy (non-hydrogen) atoms. The summed E-state index contributed by atoms with van der Waals surface area (Å²) in [5.74, 6) is 0.348. The first-order valence-corrected chi connectivity index (χ1v) is 8.40. The molecule has 0 aromatic heterocycles. The zero-order valence-corrected chi connectivity index (χ0v) is 14.9. The first kappa shape index (κ1) is 18.6. The highest BCUT2D eigenvalue weighted by atomic mass is 16.6. The Hall–Kier alpha value is -2.75. The van der Waals surface area contributed by atoms with Crippen LogP contribution in [0.5, 0.6) is 5.75 Å². The van der Waals surface area contributed by atoms with Gasteiger partial charge in [-0.15, -0.1) is 0 Å². The molecule has 1 N–H and O–H groups in total. The van der Waals surface area contributed by atoms with E-state index in [1.165, 1.54) is 11.1 Å². The van der Waals surface area contributed by atoms with Gasteiger partial charge in [0.2, 0.25) is 0 Å². The van der Waals surface area contributed by atoms with Crippen molar-refractivity contribution in [1.82, 2.24) is 4.90 Å². The fourth-order valence-corrected chi connectivity index (χ4v) is 2.70. The predicted octanol–water partition coefficient (Wildman–Crippen LogP) is 4.72. The molecule has 0 aliphatic heterocycles. The second kappa shape index (κ2) is 8.92. The van der Waals surface area contributed by atoms with Crippen LogP contribution < -0.4 is 0 Å². The molecule has 4 nitrogen and oxygen atoms in total. The second-order valence-electron chi connectivity index (χ2n) is 6.10. The summed E-state index contributed by atoms with van der Waals surface area (Å²) in [5.41, 5.74) is 3.85. The SMILES string of the molecule is C=CN(CCCc1cc(C)c(O)c(C)c1)C(=O)OCc1ccccc1. The van der Waals surface area contributed by atoms with E-state index < -0.39 is 6.09 Å². The van der Waals surface area contributed by atoms with Gasteiger partial charge < -0.3 is 9.84 Å². The van der Waals surface area contributed by atoms with Gasteiger partial charge in [-0.2, -0.15) is 0 Å². The maximum atomic E-state index is 12.1. The van der Waals surface area contributed by atoms with Crippen LogP contribution in [0.25, 0.3) is 0 Å². The molecule has 132 valence electrons. The minimum Gasteiger partial charge on any atom is -0.507 e. The zero-order chi connectivity index (χ0) is 18.2. The van der Waals surface area contributed by atoms with E-state index in [9.17, 15) is 9.90 Å². The van der Waals surface area contributed by atoms with E-state index in [2.05, 4.69) is 6.58 Å². The van der Waals surface area contributed by atoms with Gasteiger partial charge >= 0.3 is 6.09 Å². The van der Waals surface area contributed by atoms with Crippen molar-refractivity contribution in [2.45, 2.75) is 33.3 Å². The number of hydrogen-bond acceptors (Lipinski definition) is 3. The average molecular weight is 339 g/mol. The van der Waals surface area contributed by atoms with Gasteiger partial charge in [0.1, 0.15) is 12.4 Å². The van der Waals surface area contributed by atoms with E-state index in [4.69, 9.17) is 4.74 Å². The van der Waals surface area contributed by atoms with Crippen molar-refractivity contribution in [2.75, 3.05) is 6.54 Å². The summed E-state index contributed by atoms with van der Waals surface area (Å²) in [6, 6.07) is 13.5. The number of aromatic hydroxyl groups is 1. The first-order chi connectivity index (χ1) is 12.0. The lowest BCUT2D eigenvalue weighted by atomic mass is 10.0. The highest BCUT2D eigenvalue weighted by Crippen LogP contribution is 2.23. The summed E-state index contributed by atoms with van der Waals surface area (Å²) >= 11 is 0. The molecule has 0 saturated carbocycles. The number of phenolic OH excluding ortho intramolecular Hbond substituents is 1. The third-order valence-corrected chi connectivity index (χ3v) is 4.08. The molecule has 0 saturated heterocycles. The van der Waals surface area contributed by atoms with E-state index >= 15 is 0 Å². The molecule has 0 fully saturated rings. The summed E-state index contributed by atoms with van der Waals surface area (Å²) in [6.45, 7) is 8.27. The van der Waals surface area contributed by atoms with Gasteiger partial charge in [-0.3, -0.25) is 4.90 Å². The fourth-order valence-electron chi connectivity index (χ4n) is 2.70. The smallest absolute Gasteiger partial charge is 0.414 e. The monoisotopic (exact) mass is 339 g/mol. The van der Waals surface area contributed by atoms with Gasteiger partial charge in [-0.25, -0.2) is 4.79 Å². The second-order valence-corrected chi connectivity index (χ2v) is 6.10. The van der Waals surface area contributed by atoms with E-state index in [0.29, 0.717) is 12.3 Å². The molecular formula is C21H25NO3. The molecule has 0 heterocycles. The molecule has 1 amide bonds. The summed E-state index contributed by atoms with van der Waals surface area (Å²) in [5, 5.41) is 9.83. The number of amides is 1. The minimum absolute atomic E-state index is 0.250. The van der Waals surface area contributed by atoms with Gasteiger partial charge in [0, 0.05) is 12.7 Å². The predicted molar refractivity (Wildman–Crippen MR) is 99.4 cm³/mol. The maximum Gasteiger partial charge on any atom is 0.414 e. The maximum absolute atomic E-state index is 12.1. The number of carbonyl (C=O) groups excluding carboxylic acids is 1. The van der Waals surface area contributed by atoms with Crippen LogP contribution in [-0.2, 0) is 17.8 Å². The van der Waals surface area contributed by atoms with E-state index in [1.54, 1.807) is 0 Å². The minimum atomic E-state index is -0.392. The molecule has 2 rings (SSSR count). The van der Waals surface area contributed by atoms with Crippen molar-refractivity contribution in [3.05, 3.63) is 77.5 Å². The molecule has 0 aliphatic carbocycles. The number of nitrogens with zero attached hydrogens (tertiary/aromatic N) is 1. The van der Waals surface area contributed by atoms with Crippen LogP contribution in [0.3, 0.4) is 0 Å². The zero-order valence-electron chi connectivity index (χ0n) is 14.9. The van der Waals surface area contributed by atoms with Crippen molar-refractivity contribution in [2.24, 2.45) is 0 Å². The average Bonchev–Trinajstić information content (AvgIpc) is 2.62. The lowest BCUT2D eigenvalue weighted by Gasteiger charge is -2.18. The Kier molecular flexibility index (Phi) is 6.63. The van der Waals surface area contributed by atoms with Crippen molar-refractivity contribution in [3.63, 3.8) is 0 Å². The van der Waals surface area contributed by atoms with Crippen molar-refractivity contribution < 1.29 is 14.6 Å². The molecule has 2 aromatic rings. The number of carbonyl (C=O) groups is 1. The third-order valence-electron chi connectivity index (χ3n) is 4.08. The molecule has 0 radical (unpaired) electrons. The van der Waals surface area contributed by atoms with Crippen molar-refractivity contribution >= 4 is 6.09 Å². The highest BCUT2D eigenvalue weighted by Gasteiger charge is 2.12. The number of aryl methyl sites for hydroxylation is 3. The van der Waals surface area contributed by atoms with Crippen LogP contribution in [-0.4, -0.2) is 22.6 Å². The summed E-state index contributed by atoms with van der Waals surface area (Å²) in [4.78, 5) is 13.6.